The Morgan fingerprint density at radius 2 is 2.00 bits per heavy atom. The molecule has 2 atom stereocenters. The predicted octanol–water partition coefficient (Wildman–Crippen LogP) is 1.16. The van der Waals surface area contributed by atoms with Crippen molar-refractivity contribution in [2.75, 3.05) is 19.4 Å². The topological polar surface area (TPSA) is 96.4 Å². The first kappa shape index (κ1) is 19.6. The van der Waals surface area contributed by atoms with Gasteiger partial charge in [-0.2, -0.15) is 12.6 Å². The Labute approximate surface area is 141 Å². The molecule has 0 aliphatic carbocycles. The summed E-state index contributed by atoms with van der Waals surface area (Å²) in [6, 6.07) is -1.95. The fourth-order valence-corrected chi connectivity index (χ4v) is 2.67. The van der Waals surface area contributed by atoms with Crippen LogP contribution in [0.4, 0.5) is 4.79 Å². The van der Waals surface area contributed by atoms with Crippen molar-refractivity contribution in [1.82, 2.24) is 10.0 Å². The minimum Gasteiger partial charge on any atom is -0.480 e. The number of thiol groups is 1. The van der Waals surface area contributed by atoms with Crippen molar-refractivity contribution >= 4 is 30.7 Å². The first-order valence-electron chi connectivity index (χ1n) is 7.32. The summed E-state index contributed by atoms with van der Waals surface area (Å²) in [4.78, 5) is 36.0. The van der Waals surface area contributed by atoms with Crippen molar-refractivity contribution in [3.05, 3.63) is 0 Å². The van der Waals surface area contributed by atoms with Crippen LogP contribution in [0.2, 0.25) is 0 Å². The standard InChI is InChI=1S/C14H24N2O6S/c1-14(2,3)22-13(20)16(10(8-23)12(19)21-4)15-7-5-6-9(15)11(17)18/h9-10,23H,5-8H2,1-4H3,(H,17,18)/t9-,10-/m0/s1. The molecule has 1 aliphatic rings. The minimum absolute atomic E-state index is 0.0191. The Bertz CT molecular complexity index is 465. The molecule has 1 saturated heterocycles. The zero-order chi connectivity index (χ0) is 17.8. The Balaban J connectivity index is 3.16. The number of hydrogen-bond donors (Lipinski definition) is 2. The lowest BCUT2D eigenvalue weighted by Crippen LogP contribution is -2.59. The van der Waals surface area contributed by atoms with Crippen LogP contribution < -0.4 is 0 Å². The van der Waals surface area contributed by atoms with Gasteiger partial charge in [0, 0.05) is 12.3 Å². The molecule has 0 aromatic heterocycles. The van der Waals surface area contributed by atoms with E-state index in [1.54, 1.807) is 20.8 Å². The van der Waals surface area contributed by atoms with Gasteiger partial charge in [0.1, 0.15) is 11.6 Å². The van der Waals surface area contributed by atoms with E-state index in [0.717, 1.165) is 5.01 Å². The van der Waals surface area contributed by atoms with E-state index in [9.17, 15) is 19.5 Å². The zero-order valence-electron chi connectivity index (χ0n) is 13.8. The SMILES string of the molecule is COC(=O)[C@H](CS)N(C(=O)OC(C)(C)C)N1CCC[C@H]1C(=O)O. The molecular formula is C14H24N2O6S. The third-order valence-electron chi connectivity index (χ3n) is 3.31. The number of ether oxygens (including phenoxy) is 2. The Kier molecular flexibility index (Phi) is 6.69. The van der Waals surface area contributed by atoms with Gasteiger partial charge in [0.2, 0.25) is 0 Å². The fraction of sp³-hybridized carbons (Fsp3) is 0.786. The molecule has 8 nitrogen and oxygen atoms in total. The molecule has 0 aromatic rings. The molecule has 1 amide bonds. The lowest BCUT2D eigenvalue weighted by atomic mass is 10.2. The zero-order valence-corrected chi connectivity index (χ0v) is 14.7. The molecule has 0 bridgehead atoms. The molecule has 9 heteroatoms. The maximum absolute atomic E-state index is 12.6. The van der Waals surface area contributed by atoms with Gasteiger partial charge in [0.25, 0.3) is 0 Å². The van der Waals surface area contributed by atoms with Crippen LogP contribution in [0.5, 0.6) is 0 Å². The van der Waals surface area contributed by atoms with Crippen molar-refractivity contribution in [3.63, 3.8) is 0 Å². The van der Waals surface area contributed by atoms with Crippen molar-refractivity contribution < 1.29 is 29.0 Å². The van der Waals surface area contributed by atoms with Gasteiger partial charge in [0.05, 0.1) is 7.11 Å². The number of carboxylic acids is 1. The van der Waals surface area contributed by atoms with Gasteiger partial charge < -0.3 is 14.6 Å². The lowest BCUT2D eigenvalue weighted by Gasteiger charge is -2.38. The second kappa shape index (κ2) is 7.87. The highest BCUT2D eigenvalue weighted by Crippen LogP contribution is 2.25. The third kappa shape index (κ3) is 5.00. The fourth-order valence-electron chi connectivity index (χ4n) is 2.37. The number of aliphatic carboxylic acids is 1. The third-order valence-corrected chi connectivity index (χ3v) is 3.65. The second-order valence-corrected chi connectivity index (χ2v) is 6.57. The number of carbonyl (C=O) groups excluding carboxylic acids is 2. The van der Waals surface area contributed by atoms with E-state index in [1.807, 2.05) is 0 Å². The molecule has 1 rings (SSSR count). The molecular weight excluding hydrogens is 324 g/mol. The van der Waals surface area contributed by atoms with Gasteiger partial charge in [0.15, 0.2) is 6.04 Å². The summed E-state index contributed by atoms with van der Waals surface area (Å²) in [6.45, 7) is 5.40. The summed E-state index contributed by atoms with van der Waals surface area (Å²) >= 11 is 4.10. The number of rotatable bonds is 5. The van der Waals surface area contributed by atoms with Crippen LogP contribution in [0, 0.1) is 0 Å². The Hall–Kier alpha value is -1.48. The molecule has 1 aliphatic heterocycles. The normalized spacial score (nSPS) is 20.0. The Morgan fingerprint density at radius 3 is 2.43 bits per heavy atom. The number of esters is 1. The van der Waals surface area contributed by atoms with E-state index in [-0.39, 0.29) is 5.75 Å². The number of nitrogens with zero attached hydrogens (tertiary/aromatic N) is 2. The van der Waals surface area contributed by atoms with Crippen LogP contribution in [0.1, 0.15) is 33.6 Å². The molecule has 0 spiro atoms. The number of hydrazine groups is 1. The summed E-state index contributed by atoms with van der Waals surface area (Å²) in [6.07, 6.45) is 0.182. The molecule has 0 aromatic carbocycles. The van der Waals surface area contributed by atoms with Gasteiger partial charge >= 0.3 is 18.0 Å². The summed E-state index contributed by atoms with van der Waals surface area (Å²) in [5.41, 5.74) is -0.787. The van der Waals surface area contributed by atoms with E-state index >= 15 is 0 Å². The van der Waals surface area contributed by atoms with Crippen LogP contribution in [-0.2, 0) is 19.1 Å². The van der Waals surface area contributed by atoms with E-state index < -0.39 is 35.7 Å². The van der Waals surface area contributed by atoms with Gasteiger partial charge in [-0.25, -0.2) is 19.6 Å². The number of carboxylic acid groups (broad SMARTS) is 1. The summed E-state index contributed by atoms with van der Waals surface area (Å²) in [7, 11) is 1.20. The maximum atomic E-state index is 12.6. The van der Waals surface area contributed by atoms with Gasteiger partial charge in [-0.05, 0) is 33.6 Å². The number of hydrogen-bond acceptors (Lipinski definition) is 7. The van der Waals surface area contributed by atoms with Crippen LogP contribution in [0.25, 0.3) is 0 Å². The van der Waals surface area contributed by atoms with Gasteiger partial charge in [-0.15, -0.1) is 0 Å². The average Bonchev–Trinajstić information content (AvgIpc) is 2.90. The van der Waals surface area contributed by atoms with Crippen LogP contribution in [-0.4, -0.2) is 70.2 Å². The highest BCUT2D eigenvalue weighted by Gasteiger charge is 2.43. The maximum Gasteiger partial charge on any atom is 0.425 e. The summed E-state index contributed by atoms with van der Waals surface area (Å²) in [5, 5.41) is 11.7. The molecule has 1 N–H and O–H groups in total. The molecule has 0 saturated carbocycles. The lowest BCUT2D eigenvalue weighted by molar-refractivity contribution is -0.162. The molecule has 1 heterocycles. The first-order valence-corrected chi connectivity index (χ1v) is 7.96. The van der Waals surface area contributed by atoms with Crippen molar-refractivity contribution in [3.8, 4) is 0 Å². The van der Waals surface area contributed by atoms with E-state index in [0.29, 0.717) is 19.4 Å². The monoisotopic (exact) mass is 348 g/mol. The van der Waals surface area contributed by atoms with Crippen LogP contribution >= 0.6 is 12.6 Å². The Morgan fingerprint density at radius 1 is 1.39 bits per heavy atom. The van der Waals surface area contributed by atoms with Crippen molar-refractivity contribution in [2.45, 2.75) is 51.3 Å². The highest BCUT2D eigenvalue weighted by molar-refractivity contribution is 7.80. The van der Waals surface area contributed by atoms with E-state index in [4.69, 9.17) is 9.47 Å². The molecule has 23 heavy (non-hydrogen) atoms. The van der Waals surface area contributed by atoms with Crippen molar-refractivity contribution in [1.29, 1.82) is 0 Å². The van der Waals surface area contributed by atoms with E-state index in [1.165, 1.54) is 12.1 Å². The predicted molar refractivity (Wildman–Crippen MR) is 85.1 cm³/mol. The summed E-state index contributed by atoms with van der Waals surface area (Å²) < 4.78 is 10.0. The van der Waals surface area contributed by atoms with Gasteiger partial charge in [-0.3, -0.25) is 4.79 Å². The smallest absolute Gasteiger partial charge is 0.425 e. The largest absolute Gasteiger partial charge is 0.480 e. The molecule has 0 radical (unpaired) electrons. The summed E-state index contributed by atoms with van der Waals surface area (Å²) in [5.74, 6) is -1.75. The van der Waals surface area contributed by atoms with Crippen LogP contribution in [0.15, 0.2) is 0 Å². The van der Waals surface area contributed by atoms with E-state index in [2.05, 4.69) is 12.6 Å². The number of amides is 1. The molecule has 0 unspecified atom stereocenters. The second-order valence-electron chi connectivity index (χ2n) is 6.21. The quantitative estimate of drug-likeness (QED) is 0.568. The highest BCUT2D eigenvalue weighted by atomic mass is 32.1. The van der Waals surface area contributed by atoms with Crippen LogP contribution in [0.3, 0.4) is 0 Å². The number of methoxy groups -OCH3 is 1. The minimum atomic E-state index is -1.06. The van der Waals surface area contributed by atoms with Crippen molar-refractivity contribution in [2.24, 2.45) is 0 Å². The molecule has 1 fully saturated rings. The van der Waals surface area contributed by atoms with Gasteiger partial charge in [-0.1, -0.05) is 0 Å². The average molecular weight is 348 g/mol. The molecule has 132 valence electrons. The first-order chi connectivity index (χ1) is 10.6. The number of carbonyl (C=O) groups is 3.